The molecule has 2 aromatic heterocycles. The van der Waals surface area contributed by atoms with Crippen molar-refractivity contribution >= 4 is 27.5 Å². The zero-order valence-corrected chi connectivity index (χ0v) is 12.1. The third-order valence-corrected chi connectivity index (χ3v) is 4.30. The van der Waals surface area contributed by atoms with Gasteiger partial charge in [0.2, 0.25) is 0 Å². The summed E-state index contributed by atoms with van der Waals surface area (Å²) in [6.45, 7) is 3.39. The summed E-state index contributed by atoms with van der Waals surface area (Å²) in [6.07, 6.45) is 2.91. The van der Waals surface area contributed by atoms with Crippen LogP contribution in [0, 0.1) is 0 Å². The predicted octanol–water partition coefficient (Wildman–Crippen LogP) is 1.74. The van der Waals surface area contributed by atoms with E-state index in [1.54, 1.807) is 6.07 Å². The Balaban J connectivity index is 2.60. The van der Waals surface area contributed by atoms with Gasteiger partial charge < -0.3 is 5.11 Å². The lowest BCUT2D eigenvalue weighted by Gasteiger charge is -2.08. The average Bonchev–Trinajstić information content (AvgIpc) is 2.79. The number of aryl methyl sites for hydroxylation is 1. The summed E-state index contributed by atoms with van der Waals surface area (Å²) in [7, 11) is 0. The van der Waals surface area contributed by atoms with Crippen molar-refractivity contribution in [1.29, 1.82) is 0 Å². The van der Waals surface area contributed by atoms with Crippen LogP contribution < -0.4 is 11.2 Å². The van der Waals surface area contributed by atoms with E-state index in [9.17, 15) is 14.4 Å². The molecule has 0 spiro atoms. The highest BCUT2D eigenvalue weighted by Gasteiger charge is 2.20. The van der Waals surface area contributed by atoms with Crippen molar-refractivity contribution < 1.29 is 9.90 Å². The van der Waals surface area contributed by atoms with Crippen LogP contribution in [0.1, 0.15) is 37.6 Å². The number of nitrogens with zero attached hydrogens (tertiary/aromatic N) is 1. The van der Waals surface area contributed by atoms with Gasteiger partial charge in [-0.25, -0.2) is 14.2 Å². The van der Waals surface area contributed by atoms with Crippen LogP contribution >= 0.6 is 11.3 Å². The second kappa shape index (κ2) is 5.62. The van der Waals surface area contributed by atoms with Gasteiger partial charge in [-0.3, -0.25) is 9.78 Å². The Kier molecular flexibility index (Phi) is 4.08. The molecule has 0 aliphatic carbocycles. The molecule has 0 aromatic carbocycles. The molecule has 2 N–H and O–H groups in total. The van der Waals surface area contributed by atoms with Gasteiger partial charge in [-0.15, -0.1) is 11.3 Å². The van der Waals surface area contributed by atoms with Crippen molar-refractivity contribution in [1.82, 2.24) is 9.55 Å². The molecule has 6 nitrogen and oxygen atoms in total. The largest absolute Gasteiger partial charge is 0.480 e. The number of rotatable bonds is 5. The molecule has 0 saturated heterocycles. The quantitative estimate of drug-likeness (QED) is 0.879. The molecular formula is C13H16N2O4S. The summed E-state index contributed by atoms with van der Waals surface area (Å²) >= 11 is 1.38. The summed E-state index contributed by atoms with van der Waals surface area (Å²) in [5, 5.41) is 9.35. The zero-order chi connectivity index (χ0) is 14.9. The molecule has 0 aliphatic rings. The molecule has 0 fully saturated rings. The number of hydrogen-bond acceptors (Lipinski definition) is 4. The highest BCUT2D eigenvalue weighted by atomic mass is 32.1. The fourth-order valence-electron chi connectivity index (χ4n) is 2.01. The van der Waals surface area contributed by atoms with E-state index in [1.165, 1.54) is 18.3 Å². The van der Waals surface area contributed by atoms with E-state index >= 15 is 0 Å². The van der Waals surface area contributed by atoms with Gasteiger partial charge in [0.15, 0.2) is 0 Å². The summed E-state index contributed by atoms with van der Waals surface area (Å²) in [4.78, 5) is 39.3. The first-order valence-corrected chi connectivity index (χ1v) is 7.27. The molecule has 2 heterocycles. The van der Waals surface area contributed by atoms with Crippen molar-refractivity contribution in [3.8, 4) is 0 Å². The van der Waals surface area contributed by atoms with Gasteiger partial charge in [-0.1, -0.05) is 13.3 Å². The minimum atomic E-state index is -1.21. The number of aliphatic carboxylic acids is 1. The molecule has 0 amide bonds. The molecule has 7 heteroatoms. The number of aromatic amines is 1. The molecule has 108 valence electrons. The summed E-state index contributed by atoms with van der Waals surface area (Å²) in [5.74, 6) is -1.21. The minimum absolute atomic E-state index is 0.383. The van der Waals surface area contributed by atoms with Crippen LogP contribution in [0.3, 0.4) is 0 Å². The minimum Gasteiger partial charge on any atom is -0.480 e. The molecule has 2 aromatic rings. The Morgan fingerprint density at radius 1 is 1.50 bits per heavy atom. The number of carboxylic acids is 1. The number of carboxylic acid groups (broad SMARTS) is 1. The molecule has 1 atom stereocenters. The van der Waals surface area contributed by atoms with E-state index in [2.05, 4.69) is 11.9 Å². The fourth-order valence-corrected chi connectivity index (χ4v) is 3.09. The smallest absolute Gasteiger partial charge is 0.330 e. The van der Waals surface area contributed by atoms with Crippen LogP contribution in [0.4, 0.5) is 0 Å². The lowest BCUT2D eigenvalue weighted by molar-refractivity contribution is -0.140. The van der Waals surface area contributed by atoms with Crippen LogP contribution in [0.15, 0.2) is 15.7 Å². The van der Waals surface area contributed by atoms with E-state index < -0.39 is 23.3 Å². The Labute approximate surface area is 118 Å². The SMILES string of the molecule is CCCCc1cc2c(=O)n(C(C)C(=O)O)c(=O)[nH]c2s1. The number of aromatic nitrogens is 2. The van der Waals surface area contributed by atoms with Crippen molar-refractivity contribution in [2.75, 3.05) is 0 Å². The Bertz CT molecular complexity index is 756. The van der Waals surface area contributed by atoms with E-state index in [1.807, 2.05) is 0 Å². The number of thiophene rings is 1. The van der Waals surface area contributed by atoms with E-state index in [0.29, 0.717) is 10.2 Å². The molecule has 20 heavy (non-hydrogen) atoms. The van der Waals surface area contributed by atoms with E-state index in [-0.39, 0.29) is 0 Å². The van der Waals surface area contributed by atoms with Gasteiger partial charge in [0.1, 0.15) is 10.9 Å². The maximum Gasteiger partial charge on any atom is 0.330 e. The molecular weight excluding hydrogens is 280 g/mol. The summed E-state index contributed by atoms with van der Waals surface area (Å²) in [5.41, 5.74) is -1.22. The van der Waals surface area contributed by atoms with E-state index in [4.69, 9.17) is 5.11 Å². The second-order valence-electron chi connectivity index (χ2n) is 4.68. The van der Waals surface area contributed by atoms with Crippen molar-refractivity contribution in [2.24, 2.45) is 0 Å². The van der Waals surface area contributed by atoms with Crippen LogP contribution in [-0.4, -0.2) is 20.6 Å². The number of carbonyl (C=O) groups is 1. The Hall–Kier alpha value is -1.89. The predicted molar refractivity (Wildman–Crippen MR) is 77.7 cm³/mol. The third-order valence-electron chi connectivity index (χ3n) is 3.19. The Morgan fingerprint density at radius 3 is 2.80 bits per heavy atom. The average molecular weight is 296 g/mol. The Morgan fingerprint density at radius 2 is 2.20 bits per heavy atom. The molecule has 0 radical (unpaired) electrons. The number of H-pyrrole nitrogens is 1. The molecule has 0 bridgehead atoms. The lowest BCUT2D eigenvalue weighted by Crippen LogP contribution is -2.39. The number of fused-ring (bicyclic) bond motifs is 1. The first kappa shape index (κ1) is 14.5. The van der Waals surface area contributed by atoms with Crippen molar-refractivity contribution in [3.63, 3.8) is 0 Å². The first-order chi connectivity index (χ1) is 9.45. The maximum atomic E-state index is 12.3. The van der Waals surface area contributed by atoms with Gasteiger partial charge in [-0.05, 0) is 25.8 Å². The zero-order valence-electron chi connectivity index (χ0n) is 11.3. The van der Waals surface area contributed by atoms with Gasteiger partial charge in [-0.2, -0.15) is 0 Å². The van der Waals surface area contributed by atoms with Crippen LogP contribution in [0.25, 0.3) is 10.2 Å². The first-order valence-electron chi connectivity index (χ1n) is 6.45. The van der Waals surface area contributed by atoms with E-state index in [0.717, 1.165) is 28.7 Å². The van der Waals surface area contributed by atoms with Gasteiger partial charge in [0.25, 0.3) is 5.56 Å². The second-order valence-corrected chi connectivity index (χ2v) is 5.82. The molecule has 2 rings (SSSR count). The normalized spacial score (nSPS) is 12.7. The standard InChI is InChI=1S/C13H16N2O4S/c1-3-4-5-8-6-9-10(20-8)14-13(19)15(11(9)16)7(2)12(17)18/h6-7H,3-5H2,1-2H3,(H,14,19)(H,17,18). The highest BCUT2D eigenvalue weighted by molar-refractivity contribution is 7.18. The number of unbranched alkanes of at least 4 members (excludes halogenated alkanes) is 1. The third kappa shape index (κ3) is 2.53. The van der Waals surface area contributed by atoms with Crippen LogP contribution in [0.5, 0.6) is 0 Å². The van der Waals surface area contributed by atoms with Gasteiger partial charge in [0.05, 0.1) is 5.39 Å². The van der Waals surface area contributed by atoms with Gasteiger partial charge in [0, 0.05) is 4.88 Å². The molecule has 0 aliphatic heterocycles. The maximum absolute atomic E-state index is 12.3. The van der Waals surface area contributed by atoms with Crippen molar-refractivity contribution in [2.45, 2.75) is 39.2 Å². The summed E-state index contributed by atoms with van der Waals surface area (Å²) < 4.78 is 0.751. The number of nitrogens with one attached hydrogen (secondary N) is 1. The highest BCUT2D eigenvalue weighted by Crippen LogP contribution is 2.22. The van der Waals surface area contributed by atoms with Crippen LogP contribution in [0.2, 0.25) is 0 Å². The molecule has 1 unspecified atom stereocenters. The summed E-state index contributed by atoms with van der Waals surface area (Å²) in [6, 6.07) is 0.563. The molecule has 0 saturated carbocycles. The van der Waals surface area contributed by atoms with Gasteiger partial charge >= 0.3 is 11.7 Å². The monoisotopic (exact) mass is 296 g/mol. The van der Waals surface area contributed by atoms with Crippen LogP contribution in [-0.2, 0) is 11.2 Å². The number of hydrogen-bond donors (Lipinski definition) is 2. The van der Waals surface area contributed by atoms with Crippen molar-refractivity contribution in [3.05, 3.63) is 31.8 Å². The topological polar surface area (TPSA) is 92.2 Å². The lowest BCUT2D eigenvalue weighted by atomic mass is 10.2. The fraction of sp³-hybridized carbons (Fsp3) is 0.462.